The zero-order valence-electron chi connectivity index (χ0n) is 14.3. The van der Waals surface area contributed by atoms with E-state index in [1.165, 1.54) is 0 Å². The summed E-state index contributed by atoms with van der Waals surface area (Å²) in [7, 11) is 3.24. The van der Waals surface area contributed by atoms with E-state index in [1.807, 2.05) is 42.5 Å². The molecular formula is C21H16O4S. The van der Waals surface area contributed by atoms with Crippen molar-refractivity contribution in [3.05, 3.63) is 71.1 Å². The Morgan fingerprint density at radius 2 is 1.50 bits per heavy atom. The van der Waals surface area contributed by atoms with E-state index in [1.54, 1.807) is 37.7 Å². The fourth-order valence-corrected chi connectivity index (χ4v) is 3.91. The highest BCUT2D eigenvalue weighted by molar-refractivity contribution is 7.18. The van der Waals surface area contributed by atoms with Gasteiger partial charge in [0.05, 0.1) is 14.2 Å². The van der Waals surface area contributed by atoms with Crippen LogP contribution in [0.4, 0.5) is 0 Å². The van der Waals surface area contributed by atoms with Gasteiger partial charge in [0.15, 0.2) is 0 Å². The SMILES string of the molecule is COc1ccc(-c2ccc(-c3cc(=O)oc4cc(OC)ccc34)s2)cc1. The summed E-state index contributed by atoms with van der Waals surface area (Å²) in [6.45, 7) is 0. The van der Waals surface area contributed by atoms with Gasteiger partial charge in [-0.15, -0.1) is 11.3 Å². The Morgan fingerprint density at radius 3 is 2.23 bits per heavy atom. The van der Waals surface area contributed by atoms with Crippen LogP contribution in [0, 0.1) is 0 Å². The van der Waals surface area contributed by atoms with Crippen molar-refractivity contribution in [2.45, 2.75) is 0 Å². The molecule has 0 fully saturated rings. The minimum absolute atomic E-state index is 0.375. The molecule has 2 aromatic carbocycles. The van der Waals surface area contributed by atoms with Crippen molar-refractivity contribution in [3.8, 4) is 32.4 Å². The predicted molar refractivity (Wildman–Crippen MR) is 104 cm³/mol. The highest BCUT2D eigenvalue weighted by Crippen LogP contribution is 2.38. The number of hydrogen-bond donors (Lipinski definition) is 0. The van der Waals surface area contributed by atoms with Crippen molar-refractivity contribution in [2.24, 2.45) is 0 Å². The Kier molecular flexibility index (Phi) is 4.22. The largest absolute Gasteiger partial charge is 0.497 e. The summed E-state index contributed by atoms with van der Waals surface area (Å²) in [5.74, 6) is 1.48. The number of ether oxygens (including phenoxy) is 2. The monoisotopic (exact) mass is 364 g/mol. The van der Waals surface area contributed by atoms with Gasteiger partial charge in [-0.3, -0.25) is 0 Å². The minimum Gasteiger partial charge on any atom is -0.497 e. The van der Waals surface area contributed by atoms with Crippen molar-refractivity contribution in [1.29, 1.82) is 0 Å². The number of rotatable bonds is 4. The molecule has 0 radical (unpaired) electrons. The van der Waals surface area contributed by atoms with Gasteiger partial charge >= 0.3 is 5.63 Å². The van der Waals surface area contributed by atoms with Crippen molar-refractivity contribution in [2.75, 3.05) is 14.2 Å². The van der Waals surface area contributed by atoms with Crippen LogP contribution in [0.15, 0.2) is 69.9 Å². The Labute approximate surface area is 154 Å². The highest BCUT2D eigenvalue weighted by Gasteiger charge is 2.12. The van der Waals surface area contributed by atoms with Gasteiger partial charge in [-0.1, -0.05) is 0 Å². The first-order chi connectivity index (χ1) is 12.7. The fourth-order valence-electron chi connectivity index (χ4n) is 2.87. The Balaban J connectivity index is 1.80. The number of thiophene rings is 1. The third-order valence-electron chi connectivity index (χ3n) is 4.20. The van der Waals surface area contributed by atoms with Gasteiger partial charge in [0, 0.05) is 32.8 Å². The van der Waals surface area contributed by atoms with E-state index in [4.69, 9.17) is 13.9 Å². The number of benzene rings is 2. The quantitative estimate of drug-likeness (QED) is 0.467. The number of fused-ring (bicyclic) bond motifs is 1. The molecule has 0 aliphatic carbocycles. The van der Waals surface area contributed by atoms with Crippen LogP contribution in [0.5, 0.6) is 11.5 Å². The van der Waals surface area contributed by atoms with Crippen molar-refractivity contribution >= 4 is 22.3 Å². The zero-order valence-corrected chi connectivity index (χ0v) is 15.1. The molecule has 0 aliphatic heterocycles. The van der Waals surface area contributed by atoms with E-state index in [2.05, 4.69) is 6.07 Å². The van der Waals surface area contributed by atoms with Crippen LogP contribution in [-0.2, 0) is 0 Å². The fraction of sp³-hybridized carbons (Fsp3) is 0.0952. The maximum atomic E-state index is 12.0. The molecule has 5 heteroatoms. The van der Waals surface area contributed by atoms with Gasteiger partial charge in [-0.2, -0.15) is 0 Å². The van der Waals surface area contributed by atoms with Crippen molar-refractivity contribution in [3.63, 3.8) is 0 Å². The Bertz CT molecular complexity index is 1120. The molecular weight excluding hydrogens is 348 g/mol. The van der Waals surface area contributed by atoms with Gasteiger partial charge in [-0.25, -0.2) is 4.79 Å². The predicted octanol–water partition coefficient (Wildman–Crippen LogP) is 5.21. The summed E-state index contributed by atoms with van der Waals surface area (Å²) in [6, 6.07) is 19.1. The second-order valence-corrected chi connectivity index (χ2v) is 6.82. The molecule has 4 aromatic rings. The van der Waals surface area contributed by atoms with Crippen LogP contribution in [0.2, 0.25) is 0 Å². The van der Waals surface area contributed by atoms with E-state index < -0.39 is 0 Å². The molecule has 130 valence electrons. The molecule has 0 saturated heterocycles. The lowest BCUT2D eigenvalue weighted by atomic mass is 10.1. The smallest absolute Gasteiger partial charge is 0.336 e. The number of methoxy groups -OCH3 is 2. The normalized spacial score (nSPS) is 10.8. The summed E-state index contributed by atoms with van der Waals surface area (Å²) < 4.78 is 15.8. The van der Waals surface area contributed by atoms with Crippen molar-refractivity contribution < 1.29 is 13.9 Å². The molecule has 26 heavy (non-hydrogen) atoms. The van der Waals surface area contributed by atoms with Crippen molar-refractivity contribution in [1.82, 2.24) is 0 Å². The molecule has 2 heterocycles. The Morgan fingerprint density at radius 1 is 0.808 bits per heavy atom. The summed E-state index contributed by atoms with van der Waals surface area (Å²) in [4.78, 5) is 14.1. The average Bonchev–Trinajstić information content (AvgIpc) is 3.16. The molecule has 0 saturated carbocycles. The Hall–Kier alpha value is -3.05. The third-order valence-corrected chi connectivity index (χ3v) is 5.37. The van der Waals surface area contributed by atoms with E-state index in [9.17, 15) is 4.79 Å². The van der Waals surface area contributed by atoms with Gasteiger partial charge in [-0.05, 0) is 54.1 Å². The highest BCUT2D eigenvalue weighted by atomic mass is 32.1. The zero-order chi connectivity index (χ0) is 18.1. The van der Waals surface area contributed by atoms with E-state index in [0.717, 1.165) is 32.0 Å². The maximum absolute atomic E-state index is 12.0. The molecule has 0 spiro atoms. The summed E-state index contributed by atoms with van der Waals surface area (Å²) in [5, 5.41) is 0.883. The molecule has 0 unspecified atom stereocenters. The molecule has 0 atom stereocenters. The minimum atomic E-state index is -0.375. The number of hydrogen-bond acceptors (Lipinski definition) is 5. The van der Waals surface area contributed by atoms with Gasteiger partial charge in [0.25, 0.3) is 0 Å². The first-order valence-corrected chi connectivity index (χ1v) is 8.86. The van der Waals surface area contributed by atoms with E-state index in [0.29, 0.717) is 11.3 Å². The van der Waals surface area contributed by atoms with Gasteiger partial charge in [0.2, 0.25) is 0 Å². The second kappa shape index (κ2) is 6.69. The second-order valence-electron chi connectivity index (χ2n) is 5.73. The lowest BCUT2D eigenvalue weighted by molar-refractivity contribution is 0.414. The standard InChI is InChI=1S/C21H16O4S/c1-23-14-5-3-13(4-6-14)19-9-10-20(26-19)17-12-21(22)25-18-11-15(24-2)7-8-16(17)18/h3-12H,1-2H3. The molecule has 0 aliphatic rings. The lowest BCUT2D eigenvalue weighted by Crippen LogP contribution is -1.97. The molecule has 0 N–H and O–H groups in total. The van der Waals surface area contributed by atoms with Crippen LogP contribution in [0.25, 0.3) is 31.9 Å². The van der Waals surface area contributed by atoms with Crippen LogP contribution < -0.4 is 15.1 Å². The summed E-state index contributed by atoms with van der Waals surface area (Å²) >= 11 is 1.63. The van der Waals surface area contributed by atoms with Crippen LogP contribution >= 0.6 is 11.3 Å². The first kappa shape index (κ1) is 16.4. The first-order valence-electron chi connectivity index (χ1n) is 8.04. The van der Waals surface area contributed by atoms with Gasteiger partial charge < -0.3 is 13.9 Å². The van der Waals surface area contributed by atoms with Crippen LogP contribution in [0.1, 0.15) is 0 Å². The van der Waals surface area contributed by atoms with Gasteiger partial charge in [0.1, 0.15) is 17.1 Å². The molecule has 0 bridgehead atoms. The lowest BCUT2D eigenvalue weighted by Gasteiger charge is -2.05. The van der Waals surface area contributed by atoms with Crippen LogP contribution in [-0.4, -0.2) is 14.2 Å². The third kappa shape index (κ3) is 2.97. The molecule has 0 amide bonds. The van der Waals surface area contributed by atoms with E-state index >= 15 is 0 Å². The molecule has 2 aromatic heterocycles. The van der Waals surface area contributed by atoms with Crippen LogP contribution in [0.3, 0.4) is 0 Å². The average molecular weight is 364 g/mol. The molecule has 4 nitrogen and oxygen atoms in total. The molecule has 4 rings (SSSR count). The topological polar surface area (TPSA) is 48.7 Å². The summed E-state index contributed by atoms with van der Waals surface area (Å²) in [5.41, 5.74) is 2.12. The summed E-state index contributed by atoms with van der Waals surface area (Å²) in [6.07, 6.45) is 0. The maximum Gasteiger partial charge on any atom is 0.336 e. The van der Waals surface area contributed by atoms with E-state index in [-0.39, 0.29) is 5.63 Å².